The first-order chi connectivity index (χ1) is 7.52. The number of ether oxygens (including phenoxy) is 1. The summed E-state index contributed by atoms with van der Waals surface area (Å²) in [5, 5.41) is 3.89. The van der Waals surface area contributed by atoms with E-state index in [1.165, 1.54) is 0 Å². The van der Waals surface area contributed by atoms with E-state index in [1.54, 1.807) is 7.11 Å². The number of rotatable bonds is 6. The summed E-state index contributed by atoms with van der Waals surface area (Å²) in [6.45, 7) is 6.12. The topological polar surface area (TPSA) is 74.2 Å². The number of hydrogen-bond donors (Lipinski definition) is 1. The van der Waals surface area contributed by atoms with Gasteiger partial charge in [0, 0.05) is 26.0 Å². The molecule has 1 aromatic rings. The molecule has 16 heavy (non-hydrogen) atoms. The first-order valence-electron chi connectivity index (χ1n) is 5.62. The molecule has 5 heteroatoms. The van der Waals surface area contributed by atoms with Gasteiger partial charge in [-0.25, -0.2) is 0 Å². The van der Waals surface area contributed by atoms with Crippen molar-refractivity contribution in [1.82, 2.24) is 10.1 Å². The summed E-state index contributed by atoms with van der Waals surface area (Å²) in [4.78, 5) is 4.28. The number of nitrogens with two attached hydrogens (primary N) is 1. The molecule has 0 aromatic carbocycles. The van der Waals surface area contributed by atoms with Gasteiger partial charge in [-0.3, -0.25) is 0 Å². The normalized spacial score (nSPS) is 15.4. The number of hydrogen-bond acceptors (Lipinski definition) is 5. The third-order valence-corrected chi connectivity index (χ3v) is 2.65. The molecule has 0 radical (unpaired) electrons. The average Bonchev–Trinajstić information content (AvgIpc) is 2.65. The zero-order valence-electron chi connectivity index (χ0n) is 10.4. The third-order valence-electron chi connectivity index (χ3n) is 2.65. The van der Waals surface area contributed by atoms with Gasteiger partial charge in [0.15, 0.2) is 5.82 Å². The Morgan fingerprint density at radius 2 is 2.00 bits per heavy atom. The van der Waals surface area contributed by atoms with Gasteiger partial charge in [0.05, 0.1) is 6.10 Å². The molecule has 2 unspecified atom stereocenters. The summed E-state index contributed by atoms with van der Waals surface area (Å²) in [6, 6.07) is 0.0631. The molecule has 2 atom stereocenters. The van der Waals surface area contributed by atoms with Crippen LogP contribution >= 0.6 is 0 Å². The van der Waals surface area contributed by atoms with E-state index < -0.39 is 0 Å². The minimum Gasteiger partial charge on any atom is -0.381 e. The fraction of sp³-hybridized carbons (Fsp3) is 0.818. The molecule has 1 rings (SSSR count). The van der Waals surface area contributed by atoms with E-state index in [0.29, 0.717) is 30.5 Å². The third kappa shape index (κ3) is 3.90. The van der Waals surface area contributed by atoms with Crippen molar-refractivity contribution in [2.45, 2.75) is 45.8 Å². The van der Waals surface area contributed by atoms with Crippen molar-refractivity contribution < 1.29 is 9.26 Å². The van der Waals surface area contributed by atoms with Gasteiger partial charge >= 0.3 is 0 Å². The molecule has 0 amide bonds. The van der Waals surface area contributed by atoms with Crippen LogP contribution in [0.15, 0.2) is 4.52 Å². The molecule has 0 saturated heterocycles. The van der Waals surface area contributed by atoms with Crippen LogP contribution in [0.2, 0.25) is 0 Å². The minimum absolute atomic E-state index is 0.0631. The number of aromatic nitrogens is 2. The number of methoxy groups -OCH3 is 1. The van der Waals surface area contributed by atoms with E-state index in [4.69, 9.17) is 15.0 Å². The van der Waals surface area contributed by atoms with Crippen LogP contribution in [-0.2, 0) is 17.6 Å². The van der Waals surface area contributed by atoms with Crippen molar-refractivity contribution in [3.8, 4) is 0 Å². The van der Waals surface area contributed by atoms with Crippen LogP contribution in [-0.4, -0.2) is 29.4 Å². The van der Waals surface area contributed by atoms with Crippen LogP contribution in [0, 0.1) is 5.92 Å². The Balaban J connectivity index is 2.51. The number of nitrogens with zero attached hydrogens (tertiary/aromatic N) is 2. The molecule has 0 spiro atoms. The van der Waals surface area contributed by atoms with Crippen LogP contribution < -0.4 is 5.73 Å². The molecule has 0 saturated carbocycles. The predicted octanol–water partition coefficient (Wildman–Crippen LogP) is 1.17. The van der Waals surface area contributed by atoms with Crippen LogP contribution in [0.25, 0.3) is 0 Å². The second-order valence-corrected chi connectivity index (χ2v) is 4.47. The fourth-order valence-electron chi connectivity index (χ4n) is 1.23. The summed E-state index contributed by atoms with van der Waals surface area (Å²) in [5.41, 5.74) is 5.93. The Morgan fingerprint density at radius 1 is 1.31 bits per heavy atom. The highest BCUT2D eigenvalue weighted by atomic mass is 16.5. The molecule has 0 fully saturated rings. The Morgan fingerprint density at radius 3 is 2.56 bits per heavy atom. The smallest absolute Gasteiger partial charge is 0.228 e. The van der Waals surface area contributed by atoms with Crippen LogP contribution in [0.5, 0.6) is 0 Å². The largest absolute Gasteiger partial charge is 0.381 e. The van der Waals surface area contributed by atoms with E-state index in [-0.39, 0.29) is 12.1 Å². The quantitative estimate of drug-likeness (QED) is 0.789. The highest BCUT2D eigenvalue weighted by molar-refractivity contribution is 4.91. The van der Waals surface area contributed by atoms with E-state index in [9.17, 15) is 0 Å². The Hall–Kier alpha value is -0.940. The lowest BCUT2D eigenvalue weighted by molar-refractivity contribution is 0.116. The van der Waals surface area contributed by atoms with Crippen molar-refractivity contribution in [2.24, 2.45) is 11.7 Å². The predicted molar refractivity (Wildman–Crippen MR) is 61.0 cm³/mol. The highest BCUT2D eigenvalue weighted by Crippen LogP contribution is 2.08. The molecule has 5 nitrogen and oxygen atoms in total. The SMILES string of the molecule is COC(C)Cc1noc(CC(N)C(C)C)n1. The summed E-state index contributed by atoms with van der Waals surface area (Å²) in [5.74, 6) is 1.70. The van der Waals surface area contributed by atoms with Gasteiger partial charge in [-0.15, -0.1) is 0 Å². The van der Waals surface area contributed by atoms with Crippen molar-refractivity contribution in [3.05, 3.63) is 11.7 Å². The second-order valence-electron chi connectivity index (χ2n) is 4.47. The highest BCUT2D eigenvalue weighted by Gasteiger charge is 2.15. The molecule has 1 heterocycles. The first kappa shape index (κ1) is 13.1. The zero-order valence-corrected chi connectivity index (χ0v) is 10.4. The molecular weight excluding hydrogens is 206 g/mol. The van der Waals surface area contributed by atoms with Gasteiger partial charge in [-0.1, -0.05) is 19.0 Å². The molecule has 0 aliphatic carbocycles. The molecule has 0 bridgehead atoms. The van der Waals surface area contributed by atoms with Gasteiger partial charge in [-0.2, -0.15) is 4.98 Å². The van der Waals surface area contributed by atoms with Crippen molar-refractivity contribution in [2.75, 3.05) is 7.11 Å². The van der Waals surface area contributed by atoms with E-state index in [0.717, 1.165) is 0 Å². The Labute approximate surface area is 96.4 Å². The maximum atomic E-state index is 5.93. The van der Waals surface area contributed by atoms with Gasteiger partial charge in [0.25, 0.3) is 0 Å². The maximum absolute atomic E-state index is 5.93. The van der Waals surface area contributed by atoms with E-state index >= 15 is 0 Å². The lowest BCUT2D eigenvalue weighted by atomic mass is 10.0. The molecule has 0 aliphatic rings. The summed E-state index contributed by atoms with van der Waals surface area (Å²) in [6.07, 6.45) is 1.40. The van der Waals surface area contributed by atoms with Crippen molar-refractivity contribution >= 4 is 0 Å². The molecule has 92 valence electrons. The maximum Gasteiger partial charge on any atom is 0.228 e. The first-order valence-corrected chi connectivity index (χ1v) is 5.62. The van der Waals surface area contributed by atoms with E-state index in [1.807, 2.05) is 6.92 Å². The zero-order chi connectivity index (χ0) is 12.1. The molecule has 0 aliphatic heterocycles. The average molecular weight is 227 g/mol. The van der Waals surface area contributed by atoms with Crippen LogP contribution in [0.1, 0.15) is 32.5 Å². The van der Waals surface area contributed by atoms with Gasteiger partial charge in [-0.05, 0) is 12.8 Å². The lowest BCUT2D eigenvalue weighted by Crippen LogP contribution is -2.28. The summed E-state index contributed by atoms with van der Waals surface area (Å²) >= 11 is 0. The summed E-state index contributed by atoms with van der Waals surface area (Å²) in [7, 11) is 1.67. The van der Waals surface area contributed by atoms with Gasteiger partial charge < -0.3 is 15.0 Å². The van der Waals surface area contributed by atoms with Crippen molar-refractivity contribution in [3.63, 3.8) is 0 Å². The van der Waals surface area contributed by atoms with Crippen molar-refractivity contribution in [1.29, 1.82) is 0 Å². The Kier molecular flexibility index (Phi) is 4.89. The standard InChI is InChI=1S/C11H21N3O2/c1-7(2)9(12)6-11-13-10(14-16-11)5-8(3)15-4/h7-9H,5-6,12H2,1-4H3. The van der Waals surface area contributed by atoms with E-state index in [2.05, 4.69) is 24.0 Å². The molecule has 2 N–H and O–H groups in total. The summed E-state index contributed by atoms with van der Waals surface area (Å²) < 4.78 is 10.3. The van der Waals surface area contributed by atoms with Gasteiger partial charge in [0.2, 0.25) is 5.89 Å². The Bertz CT molecular complexity index is 312. The monoisotopic (exact) mass is 227 g/mol. The van der Waals surface area contributed by atoms with Crippen LogP contribution in [0.3, 0.4) is 0 Å². The second kappa shape index (κ2) is 5.96. The van der Waals surface area contributed by atoms with Crippen LogP contribution in [0.4, 0.5) is 0 Å². The van der Waals surface area contributed by atoms with Gasteiger partial charge in [0.1, 0.15) is 0 Å². The fourth-order valence-corrected chi connectivity index (χ4v) is 1.23. The minimum atomic E-state index is 0.0631. The lowest BCUT2D eigenvalue weighted by Gasteiger charge is -2.11. The molecular formula is C11H21N3O2. The molecule has 1 aromatic heterocycles.